The van der Waals surface area contributed by atoms with Crippen molar-refractivity contribution in [3.63, 3.8) is 0 Å². The Morgan fingerprint density at radius 2 is 1.94 bits per heavy atom. The quantitative estimate of drug-likeness (QED) is 0.689. The van der Waals surface area contributed by atoms with Crippen LogP contribution in [0, 0.1) is 5.92 Å². The van der Waals surface area contributed by atoms with E-state index in [4.69, 9.17) is 0 Å². The third-order valence-electron chi connectivity index (χ3n) is 3.74. The lowest BCUT2D eigenvalue weighted by atomic mass is 9.97. The average Bonchev–Trinajstić information content (AvgIpc) is 3.13. The SMILES string of the molecule is CCSCCN(CC1CCNCC1)C1CC1. The molecule has 0 radical (unpaired) electrons. The van der Waals surface area contributed by atoms with E-state index in [-0.39, 0.29) is 0 Å². The summed E-state index contributed by atoms with van der Waals surface area (Å²) in [6.45, 7) is 7.45. The number of thioether (sulfide) groups is 1. The van der Waals surface area contributed by atoms with Gasteiger partial charge in [0.25, 0.3) is 0 Å². The summed E-state index contributed by atoms with van der Waals surface area (Å²) in [5, 5.41) is 3.46. The van der Waals surface area contributed by atoms with Crippen LogP contribution in [-0.2, 0) is 0 Å². The fourth-order valence-electron chi connectivity index (χ4n) is 2.58. The summed E-state index contributed by atoms with van der Waals surface area (Å²) in [5.74, 6) is 3.57. The molecule has 1 saturated carbocycles. The number of piperidine rings is 1. The highest BCUT2D eigenvalue weighted by molar-refractivity contribution is 7.99. The van der Waals surface area contributed by atoms with Crippen LogP contribution in [0.15, 0.2) is 0 Å². The highest BCUT2D eigenvalue weighted by atomic mass is 32.2. The molecule has 1 aliphatic carbocycles. The van der Waals surface area contributed by atoms with E-state index in [1.165, 1.54) is 63.4 Å². The zero-order chi connectivity index (χ0) is 11.2. The van der Waals surface area contributed by atoms with Crippen molar-refractivity contribution in [3.8, 4) is 0 Å². The maximum absolute atomic E-state index is 3.46. The molecule has 0 spiro atoms. The molecule has 1 aliphatic heterocycles. The van der Waals surface area contributed by atoms with Gasteiger partial charge in [-0.3, -0.25) is 4.90 Å². The van der Waals surface area contributed by atoms with E-state index in [1.54, 1.807) is 0 Å². The lowest BCUT2D eigenvalue weighted by Gasteiger charge is -2.30. The average molecular weight is 242 g/mol. The molecule has 1 heterocycles. The molecule has 2 fully saturated rings. The van der Waals surface area contributed by atoms with E-state index >= 15 is 0 Å². The van der Waals surface area contributed by atoms with Crippen LogP contribution in [-0.4, -0.2) is 48.6 Å². The molecule has 2 nitrogen and oxygen atoms in total. The molecule has 0 unspecified atom stereocenters. The summed E-state index contributed by atoms with van der Waals surface area (Å²) in [6.07, 6.45) is 5.71. The van der Waals surface area contributed by atoms with Crippen LogP contribution in [0.5, 0.6) is 0 Å². The summed E-state index contributed by atoms with van der Waals surface area (Å²) < 4.78 is 0. The van der Waals surface area contributed by atoms with Gasteiger partial charge < -0.3 is 5.32 Å². The van der Waals surface area contributed by atoms with Crippen LogP contribution in [0.2, 0.25) is 0 Å². The van der Waals surface area contributed by atoms with Gasteiger partial charge in [0.15, 0.2) is 0 Å². The summed E-state index contributed by atoms with van der Waals surface area (Å²) in [5.41, 5.74) is 0. The van der Waals surface area contributed by atoms with Crippen molar-refractivity contribution in [2.45, 2.75) is 38.6 Å². The molecular weight excluding hydrogens is 216 g/mol. The predicted octanol–water partition coefficient (Wildman–Crippen LogP) is 2.20. The van der Waals surface area contributed by atoms with Crippen molar-refractivity contribution in [1.29, 1.82) is 0 Å². The number of hydrogen-bond acceptors (Lipinski definition) is 3. The largest absolute Gasteiger partial charge is 0.317 e. The number of hydrogen-bond donors (Lipinski definition) is 1. The van der Waals surface area contributed by atoms with Gasteiger partial charge >= 0.3 is 0 Å². The van der Waals surface area contributed by atoms with Crippen molar-refractivity contribution >= 4 is 11.8 Å². The second kappa shape index (κ2) is 6.87. The Morgan fingerprint density at radius 1 is 1.19 bits per heavy atom. The Labute approximate surface area is 105 Å². The van der Waals surface area contributed by atoms with Crippen LogP contribution < -0.4 is 5.32 Å². The lowest BCUT2D eigenvalue weighted by Crippen LogP contribution is -2.38. The molecule has 1 saturated heterocycles. The first-order valence-corrected chi connectivity index (χ1v) is 8.08. The Bertz CT molecular complexity index is 188. The standard InChI is InChI=1S/C13H26N2S/c1-2-16-10-9-15(13-3-4-13)11-12-5-7-14-8-6-12/h12-14H,2-11H2,1H3. The zero-order valence-corrected chi connectivity index (χ0v) is 11.4. The number of nitrogens with one attached hydrogen (secondary N) is 1. The van der Waals surface area contributed by atoms with Gasteiger partial charge in [-0.25, -0.2) is 0 Å². The molecule has 0 atom stereocenters. The molecule has 1 N–H and O–H groups in total. The molecular formula is C13H26N2S. The van der Waals surface area contributed by atoms with Gasteiger partial charge in [-0.15, -0.1) is 0 Å². The molecule has 3 heteroatoms. The zero-order valence-electron chi connectivity index (χ0n) is 10.6. The minimum Gasteiger partial charge on any atom is -0.317 e. The molecule has 0 amide bonds. The fourth-order valence-corrected chi connectivity index (χ4v) is 3.24. The van der Waals surface area contributed by atoms with E-state index in [0.29, 0.717) is 0 Å². The van der Waals surface area contributed by atoms with Crippen LogP contribution in [0.25, 0.3) is 0 Å². The van der Waals surface area contributed by atoms with Gasteiger partial charge in [0.05, 0.1) is 0 Å². The Kier molecular flexibility index (Phi) is 5.46. The van der Waals surface area contributed by atoms with Crippen LogP contribution in [0.4, 0.5) is 0 Å². The van der Waals surface area contributed by atoms with Crippen LogP contribution >= 0.6 is 11.8 Å². The van der Waals surface area contributed by atoms with Gasteiger partial charge in [-0.2, -0.15) is 11.8 Å². The Hall–Kier alpha value is 0.270. The van der Waals surface area contributed by atoms with Crippen LogP contribution in [0.1, 0.15) is 32.6 Å². The molecule has 0 aromatic carbocycles. The van der Waals surface area contributed by atoms with Gasteiger partial charge in [0.2, 0.25) is 0 Å². The lowest BCUT2D eigenvalue weighted by molar-refractivity contribution is 0.207. The smallest absolute Gasteiger partial charge is 0.00968 e. The minimum absolute atomic E-state index is 0.951. The third kappa shape index (κ3) is 4.27. The van der Waals surface area contributed by atoms with Crippen molar-refractivity contribution < 1.29 is 0 Å². The molecule has 0 bridgehead atoms. The minimum atomic E-state index is 0.951. The van der Waals surface area contributed by atoms with E-state index in [9.17, 15) is 0 Å². The summed E-state index contributed by atoms with van der Waals surface area (Å²) in [4.78, 5) is 2.78. The van der Waals surface area contributed by atoms with Crippen molar-refractivity contribution in [2.24, 2.45) is 5.92 Å². The van der Waals surface area contributed by atoms with Crippen molar-refractivity contribution in [3.05, 3.63) is 0 Å². The van der Waals surface area contributed by atoms with Crippen molar-refractivity contribution in [1.82, 2.24) is 10.2 Å². The second-order valence-electron chi connectivity index (χ2n) is 5.12. The second-order valence-corrected chi connectivity index (χ2v) is 6.51. The molecule has 2 aliphatic rings. The van der Waals surface area contributed by atoms with Crippen molar-refractivity contribution in [2.75, 3.05) is 37.7 Å². The van der Waals surface area contributed by atoms with E-state index in [1.807, 2.05) is 0 Å². The van der Waals surface area contributed by atoms with Gasteiger partial charge in [-0.05, 0) is 50.4 Å². The monoisotopic (exact) mass is 242 g/mol. The predicted molar refractivity (Wildman–Crippen MR) is 73.2 cm³/mol. The fraction of sp³-hybridized carbons (Fsp3) is 1.00. The molecule has 0 aromatic rings. The first-order chi connectivity index (χ1) is 7.90. The Morgan fingerprint density at radius 3 is 2.56 bits per heavy atom. The Balaban J connectivity index is 1.68. The molecule has 16 heavy (non-hydrogen) atoms. The first kappa shape index (κ1) is 12.7. The molecule has 94 valence electrons. The maximum Gasteiger partial charge on any atom is 0.00968 e. The highest BCUT2D eigenvalue weighted by Crippen LogP contribution is 2.29. The molecule has 2 rings (SSSR count). The summed E-state index contributed by atoms with van der Waals surface area (Å²) in [7, 11) is 0. The topological polar surface area (TPSA) is 15.3 Å². The van der Waals surface area contributed by atoms with Gasteiger partial charge in [-0.1, -0.05) is 6.92 Å². The summed E-state index contributed by atoms with van der Waals surface area (Å²) in [6, 6.07) is 0.951. The third-order valence-corrected chi connectivity index (χ3v) is 4.62. The summed E-state index contributed by atoms with van der Waals surface area (Å²) >= 11 is 2.09. The van der Waals surface area contributed by atoms with E-state index in [2.05, 4.69) is 28.9 Å². The normalized spacial score (nSPS) is 22.9. The van der Waals surface area contributed by atoms with E-state index in [0.717, 1.165) is 12.0 Å². The first-order valence-electron chi connectivity index (χ1n) is 6.92. The highest BCUT2D eigenvalue weighted by Gasteiger charge is 2.30. The maximum atomic E-state index is 3.46. The molecule has 0 aromatic heterocycles. The van der Waals surface area contributed by atoms with Gasteiger partial charge in [0.1, 0.15) is 0 Å². The number of rotatable bonds is 7. The van der Waals surface area contributed by atoms with Crippen LogP contribution in [0.3, 0.4) is 0 Å². The van der Waals surface area contributed by atoms with E-state index < -0.39 is 0 Å². The number of nitrogens with zero attached hydrogens (tertiary/aromatic N) is 1. The van der Waals surface area contributed by atoms with Gasteiger partial charge in [0, 0.05) is 24.9 Å².